The summed E-state index contributed by atoms with van der Waals surface area (Å²) in [5.41, 5.74) is 2.14. The summed E-state index contributed by atoms with van der Waals surface area (Å²) in [6.45, 7) is 0. The Kier molecular flexibility index (Phi) is 3.47. The van der Waals surface area contributed by atoms with Gasteiger partial charge in [-0.25, -0.2) is 15.0 Å². The molecule has 0 aliphatic rings. The molecule has 0 aliphatic heterocycles. The minimum absolute atomic E-state index is 0.158. The number of nitrogens with zero attached hydrogens (tertiary/aromatic N) is 4. The van der Waals surface area contributed by atoms with E-state index in [9.17, 15) is 4.79 Å². The molecule has 0 bridgehead atoms. The number of fused-ring (bicyclic) bond motifs is 1. The lowest BCUT2D eigenvalue weighted by Gasteiger charge is -2.05. The largest absolute Gasteiger partial charge is 0.287 e. The van der Waals surface area contributed by atoms with Gasteiger partial charge in [-0.1, -0.05) is 30.3 Å². The zero-order valence-electron chi connectivity index (χ0n) is 10.9. The predicted molar refractivity (Wildman–Crippen MR) is 80.5 cm³/mol. The molecule has 0 fully saturated rings. The first-order valence-electron chi connectivity index (χ1n) is 6.06. The molecule has 6 heteroatoms. The van der Waals surface area contributed by atoms with Crippen molar-refractivity contribution in [2.24, 2.45) is 0 Å². The Hall–Kier alpha value is -2.21. The van der Waals surface area contributed by atoms with Crippen LogP contribution in [0, 0.1) is 0 Å². The molecule has 2 aromatic heterocycles. The molecule has 0 saturated carbocycles. The topological polar surface area (TPSA) is 60.7 Å². The van der Waals surface area contributed by atoms with E-state index < -0.39 is 0 Å². The van der Waals surface area contributed by atoms with Crippen LogP contribution in [0.4, 0.5) is 0 Å². The first kappa shape index (κ1) is 12.8. The number of hydrogen-bond donors (Lipinski definition) is 0. The molecule has 0 N–H and O–H groups in total. The standard InChI is InChI=1S/C14H12N4OS/c1-20-9-18-8-16-13-12(14(18)19)17-11(7-15-13)10-5-3-2-4-6-10/h2-8H,9H2,1H3. The molecule has 3 aromatic rings. The summed E-state index contributed by atoms with van der Waals surface area (Å²) in [7, 11) is 0. The molecule has 2 heterocycles. The lowest BCUT2D eigenvalue weighted by molar-refractivity contribution is 0.818. The highest BCUT2D eigenvalue weighted by atomic mass is 32.2. The van der Waals surface area contributed by atoms with E-state index in [2.05, 4.69) is 15.0 Å². The van der Waals surface area contributed by atoms with E-state index >= 15 is 0 Å². The van der Waals surface area contributed by atoms with Crippen LogP contribution in [0.1, 0.15) is 0 Å². The maximum Gasteiger partial charge on any atom is 0.282 e. The monoisotopic (exact) mass is 284 g/mol. The Morgan fingerprint density at radius 1 is 1.20 bits per heavy atom. The van der Waals surface area contributed by atoms with Crippen molar-refractivity contribution in [3.63, 3.8) is 0 Å². The summed E-state index contributed by atoms with van der Waals surface area (Å²) in [5, 5.41) is 0. The third-order valence-corrected chi connectivity index (χ3v) is 3.41. The van der Waals surface area contributed by atoms with Gasteiger partial charge in [0.2, 0.25) is 0 Å². The Morgan fingerprint density at radius 2 is 2.00 bits per heavy atom. The molecule has 0 aliphatic carbocycles. The third-order valence-electron chi connectivity index (χ3n) is 2.87. The molecule has 5 nitrogen and oxygen atoms in total. The summed E-state index contributed by atoms with van der Waals surface area (Å²) in [5.74, 6) is 0.555. The fourth-order valence-corrected chi connectivity index (χ4v) is 2.37. The number of hydrogen-bond acceptors (Lipinski definition) is 5. The van der Waals surface area contributed by atoms with Crippen molar-refractivity contribution in [2.45, 2.75) is 5.88 Å². The average molecular weight is 284 g/mol. The van der Waals surface area contributed by atoms with Gasteiger partial charge in [0.1, 0.15) is 6.33 Å². The first-order valence-corrected chi connectivity index (χ1v) is 7.45. The van der Waals surface area contributed by atoms with Gasteiger partial charge in [0.05, 0.1) is 17.8 Å². The van der Waals surface area contributed by atoms with Crippen molar-refractivity contribution in [1.82, 2.24) is 19.5 Å². The molecular weight excluding hydrogens is 272 g/mol. The lowest BCUT2D eigenvalue weighted by atomic mass is 10.2. The van der Waals surface area contributed by atoms with E-state index in [1.807, 2.05) is 36.6 Å². The summed E-state index contributed by atoms with van der Waals surface area (Å²) in [6, 6.07) is 9.66. The normalized spacial score (nSPS) is 10.8. The molecule has 0 unspecified atom stereocenters. The smallest absolute Gasteiger partial charge is 0.282 e. The molecule has 100 valence electrons. The van der Waals surface area contributed by atoms with Crippen LogP contribution in [0.15, 0.2) is 47.7 Å². The van der Waals surface area contributed by atoms with E-state index in [4.69, 9.17) is 0 Å². The second kappa shape index (κ2) is 5.42. The van der Waals surface area contributed by atoms with Gasteiger partial charge in [0.15, 0.2) is 11.2 Å². The van der Waals surface area contributed by atoms with Crippen molar-refractivity contribution >= 4 is 22.9 Å². The highest BCUT2D eigenvalue weighted by molar-refractivity contribution is 7.97. The molecule has 1 aromatic carbocycles. The van der Waals surface area contributed by atoms with Crippen LogP contribution >= 0.6 is 11.8 Å². The Bertz CT molecular complexity index is 801. The number of thioether (sulfide) groups is 1. The van der Waals surface area contributed by atoms with Crippen molar-refractivity contribution in [3.8, 4) is 11.3 Å². The first-order chi connectivity index (χ1) is 9.79. The highest BCUT2D eigenvalue weighted by Gasteiger charge is 2.08. The van der Waals surface area contributed by atoms with Gasteiger partial charge in [-0.15, -0.1) is 11.8 Å². The number of rotatable bonds is 3. The number of benzene rings is 1. The maximum atomic E-state index is 12.3. The summed E-state index contributed by atoms with van der Waals surface area (Å²) in [6.07, 6.45) is 5.09. The van der Waals surface area contributed by atoms with Crippen LogP contribution in [-0.2, 0) is 5.88 Å². The van der Waals surface area contributed by atoms with Gasteiger partial charge in [0, 0.05) is 5.56 Å². The van der Waals surface area contributed by atoms with Gasteiger partial charge in [-0.2, -0.15) is 0 Å². The van der Waals surface area contributed by atoms with Crippen LogP contribution in [0.5, 0.6) is 0 Å². The fourth-order valence-electron chi connectivity index (χ4n) is 1.91. The van der Waals surface area contributed by atoms with Crippen molar-refractivity contribution in [2.75, 3.05) is 6.26 Å². The van der Waals surface area contributed by atoms with Gasteiger partial charge in [0.25, 0.3) is 5.56 Å². The lowest BCUT2D eigenvalue weighted by Crippen LogP contribution is -2.21. The van der Waals surface area contributed by atoms with Crippen molar-refractivity contribution < 1.29 is 0 Å². The van der Waals surface area contributed by atoms with Gasteiger partial charge < -0.3 is 0 Å². The van der Waals surface area contributed by atoms with Crippen LogP contribution in [0.3, 0.4) is 0 Å². The maximum absolute atomic E-state index is 12.3. The predicted octanol–water partition coefficient (Wildman–Crippen LogP) is 2.17. The van der Waals surface area contributed by atoms with Crippen molar-refractivity contribution in [1.29, 1.82) is 0 Å². The van der Waals surface area contributed by atoms with Crippen molar-refractivity contribution in [3.05, 3.63) is 53.2 Å². The van der Waals surface area contributed by atoms with Gasteiger partial charge in [-0.3, -0.25) is 9.36 Å². The average Bonchev–Trinajstić information content (AvgIpc) is 2.51. The van der Waals surface area contributed by atoms with E-state index in [0.29, 0.717) is 22.7 Å². The molecule has 0 amide bonds. The Morgan fingerprint density at radius 3 is 2.75 bits per heavy atom. The SMILES string of the molecule is CSCn1cnc2ncc(-c3ccccc3)nc2c1=O. The summed E-state index contributed by atoms with van der Waals surface area (Å²) in [4.78, 5) is 25.1. The quantitative estimate of drug-likeness (QED) is 0.737. The minimum Gasteiger partial charge on any atom is -0.287 e. The zero-order chi connectivity index (χ0) is 13.9. The molecule has 0 spiro atoms. The fraction of sp³-hybridized carbons (Fsp3) is 0.143. The van der Waals surface area contributed by atoms with Crippen LogP contribution in [0.2, 0.25) is 0 Å². The van der Waals surface area contributed by atoms with E-state index in [1.165, 1.54) is 10.9 Å². The molecule has 3 rings (SSSR count). The van der Waals surface area contributed by atoms with E-state index in [1.54, 1.807) is 18.0 Å². The summed E-state index contributed by atoms with van der Waals surface area (Å²) < 4.78 is 1.54. The minimum atomic E-state index is -0.158. The van der Waals surface area contributed by atoms with Crippen LogP contribution in [-0.4, -0.2) is 25.8 Å². The van der Waals surface area contributed by atoms with Crippen LogP contribution in [0.25, 0.3) is 22.4 Å². The molecule has 0 radical (unpaired) electrons. The molecule has 0 atom stereocenters. The second-order valence-corrected chi connectivity index (χ2v) is 5.07. The molecule has 0 saturated heterocycles. The van der Waals surface area contributed by atoms with Gasteiger partial charge >= 0.3 is 0 Å². The highest BCUT2D eigenvalue weighted by Crippen LogP contribution is 2.16. The molecule has 20 heavy (non-hydrogen) atoms. The van der Waals surface area contributed by atoms with E-state index in [-0.39, 0.29) is 5.56 Å². The van der Waals surface area contributed by atoms with Crippen LogP contribution < -0.4 is 5.56 Å². The van der Waals surface area contributed by atoms with Gasteiger partial charge in [-0.05, 0) is 6.26 Å². The zero-order valence-corrected chi connectivity index (χ0v) is 11.7. The third kappa shape index (κ3) is 2.30. The Labute approximate surface area is 119 Å². The van der Waals surface area contributed by atoms with E-state index in [0.717, 1.165) is 5.56 Å². The Balaban J connectivity index is 2.19. The summed E-state index contributed by atoms with van der Waals surface area (Å²) >= 11 is 1.55. The second-order valence-electron chi connectivity index (χ2n) is 4.23. The molecular formula is C14H12N4OS. The number of aromatic nitrogens is 4.